The smallest absolute Gasteiger partial charge is 0.276 e. The number of thiophene rings is 1. The van der Waals surface area contributed by atoms with Crippen LogP contribution < -0.4 is 15.6 Å². The summed E-state index contributed by atoms with van der Waals surface area (Å²) in [5.74, 6) is -1.69. The zero-order valence-electron chi connectivity index (χ0n) is 16.1. The van der Waals surface area contributed by atoms with E-state index in [1.807, 2.05) is 0 Å². The molecule has 0 bridgehead atoms. The van der Waals surface area contributed by atoms with Crippen molar-refractivity contribution >= 4 is 44.9 Å². The molecule has 10 heteroatoms. The molecule has 0 saturated carbocycles. The Balaban J connectivity index is 1.68. The number of hydrogen-bond donors (Lipinski definition) is 1. The summed E-state index contributed by atoms with van der Waals surface area (Å²) in [6, 6.07) is 11.5. The topological polar surface area (TPSA) is 73.2 Å². The number of aromatic nitrogens is 2. The maximum absolute atomic E-state index is 13.8. The highest BCUT2D eigenvalue weighted by Gasteiger charge is 2.18. The van der Waals surface area contributed by atoms with Gasteiger partial charge in [-0.15, -0.1) is 11.3 Å². The first-order chi connectivity index (χ1) is 15.0. The van der Waals surface area contributed by atoms with Crippen LogP contribution in [0.3, 0.4) is 0 Å². The number of para-hydroxylation sites is 2. The van der Waals surface area contributed by atoms with Crippen molar-refractivity contribution in [3.8, 4) is 11.4 Å². The molecule has 6 nitrogen and oxygen atoms in total. The number of nitrogens with one attached hydrogen (secondary N) is 1. The van der Waals surface area contributed by atoms with Gasteiger partial charge in [-0.25, -0.2) is 13.8 Å². The van der Waals surface area contributed by atoms with Crippen molar-refractivity contribution < 1.29 is 18.3 Å². The average Bonchev–Trinajstić information content (AvgIpc) is 3.24. The van der Waals surface area contributed by atoms with Gasteiger partial charge in [-0.2, -0.15) is 0 Å². The SMILES string of the molecule is COc1ccccc1-n1c(SCC(=O)Nc2cc(F)ccc2F)nc2ccsc2c1=O. The van der Waals surface area contributed by atoms with Gasteiger partial charge in [0, 0.05) is 6.07 Å². The Morgan fingerprint density at radius 3 is 2.84 bits per heavy atom. The van der Waals surface area contributed by atoms with Crippen molar-refractivity contribution in [2.24, 2.45) is 0 Å². The monoisotopic (exact) mass is 459 g/mol. The van der Waals surface area contributed by atoms with Crippen molar-refractivity contribution in [2.75, 3.05) is 18.2 Å². The van der Waals surface area contributed by atoms with E-state index < -0.39 is 17.5 Å². The Morgan fingerprint density at radius 1 is 1.23 bits per heavy atom. The van der Waals surface area contributed by atoms with Crippen LogP contribution in [0.15, 0.2) is 63.9 Å². The second-order valence-corrected chi connectivity index (χ2v) is 8.16. The molecule has 158 valence electrons. The molecule has 0 radical (unpaired) electrons. The first-order valence-corrected chi connectivity index (χ1v) is 10.9. The van der Waals surface area contributed by atoms with Crippen LogP contribution in [0.4, 0.5) is 14.5 Å². The van der Waals surface area contributed by atoms with Crippen LogP contribution in [0.25, 0.3) is 15.9 Å². The highest BCUT2D eigenvalue weighted by molar-refractivity contribution is 7.99. The van der Waals surface area contributed by atoms with Crippen LogP contribution in [0.1, 0.15) is 0 Å². The number of carbonyl (C=O) groups is 1. The van der Waals surface area contributed by atoms with Crippen LogP contribution in [0, 0.1) is 11.6 Å². The number of methoxy groups -OCH3 is 1. The van der Waals surface area contributed by atoms with Crippen LogP contribution in [-0.4, -0.2) is 28.3 Å². The van der Waals surface area contributed by atoms with E-state index in [-0.39, 0.29) is 22.2 Å². The summed E-state index contributed by atoms with van der Waals surface area (Å²) < 4.78 is 34.4. The molecule has 0 unspecified atom stereocenters. The van der Waals surface area contributed by atoms with E-state index in [4.69, 9.17) is 4.74 Å². The van der Waals surface area contributed by atoms with E-state index in [2.05, 4.69) is 10.3 Å². The third kappa shape index (κ3) is 4.30. The number of amides is 1. The molecule has 2 aromatic carbocycles. The van der Waals surface area contributed by atoms with Gasteiger partial charge in [-0.3, -0.25) is 14.2 Å². The molecule has 0 aliphatic rings. The van der Waals surface area contributed by atoms with Gasteiger partial charge in [0.25, 0.3) is 5.56 Å². The highest BCUT2D eigenvalue weighted by Crippen LogP contribution is 2.28. The number of thioether (sulfide) groups is 1. The van der Waals surface area contributed by atoms with E-state index in [0.717, 1.165) is 30.0 Å². The van der Waals surface area contributed by atoms with Crippen LogP contribution in [0.5, 0.6) is 5.75 Å². The number of hydrogen-bond acceptors (Lipinski definition) is 6. The second kappa shape index (κ2) is 8.86. The molecule has 1 N–H and O–H groups in total. The number of rotatable bonds is 6. The fourth-order valence-electron chi connectivity index (χ4n) is 2.93. The third-order valence-electron chi connectivity index (χ3n) is 4.31. The Hall–Kier alpha value is -3.24. The largest absolute Gasteiger partial charge is 0.495 e. The lowest BCUT2D eigenvalue weighted by Gasteiger charge is -2.15. The van der Waals surface area contributed by atoms with E-state index in [1.54, 1.807) is 35.7 Å². The number of fused-ring (bicyclic) bond motifs is 1. The summed E-state index contributed by atoms with van der Waals surface area (Å²) in [7, 11) is 1.49. The van der Waals surface area contributed by atoms with Gasteiger partial charge < -0.3 is 10.1 Å². The number of halogens is 2. The third-order valence-corrected chi connectivity index (χ3v) is 6.14. The van der Waals surface area contributed by atoms with Gasteiger partial charge in [-0.1, -0.05) is 23.9 Å². The Labute approximate surface area is 183 Å². The molecule has 2 aromatic heterocycles. The van der Waals surface area contributed by atoms with Crippen LogP contribution >= 0.6 is 23.1 Å². The fourth-order valence-corrected chi connectivity index (χ4v) is 4.49. The normalized spacial score (nSPS) is 10.9. The van der Waals surface area contributed by atoms with Gasteiger partial charge in [-0.05, 0) is 35.7 Å². The molecule has 0 fully saturated rings. The molecule has 0 aliphatic heterocycles. The predicted octanol–water partition coefficient (Wildman–Crippen LogP) is 4.46. The molecular formula is C21H15F2N3O3S2. The summed E-state index contributed by atoms with van der Waals surface area (Å²) in [4.78, 5) is 30.1. The fraction of sp³-hybridized carbons (Fsp3) is 0.0952. The zero-order valence-corrected chi connectivity index (χ0v) is 17.7. The number of benzene rings is 2. The van der Waals surface area contributed by atoms with Gasteiger partial charge in [0.2, 0.25) is 5.91 Å². The van der Waals surface area contributed by atoms with E-state index in [9.17, 15) is 18.4 Å². The standard InChI is InChI=1S/C21H15F2N3O3S2/c1-29-17-5-3-2-4-16(17)26-20(28)19-14(8-9-30-19)25-21(26)31-11-18(27)24-15-10-12(22)6-7-13(15)23/h2-10H,11H2,1H3,(H,24,27). The molecule has 0 atom stereocenters. The van der Waals surface area contributed by atoms with E-state index in [1.165, 1.54) is 23.0 Å². The lowest BCUT2D eigenvalue weighted by atomic mass is 10.3. The molecular weight excluding hydrogens is 444 g/mol. The van der Waals surface area contributed by atoms with Crippen molar-refractivity contribution in [3.05, 3.63) is 75.9 Å². The van der Waals surface area contributed by atoms with E-state index in [0.29, 0.717) is 21.7 Å². The summed E-state index contributed by atoms with van der Waals surface area (Å²) in [5.41, 5.74) is 0.453. The molecule has 4 aromatic rings. The van der Waals surface area contributed by atoms with Gasteiger partial charge in [0.1, 0.15) is 22.1 Å². The average molecular weight is 459 g/mol. The predicted molar refractivity (Wildman–Crippen MR) is 117 cm³/mol. The first-order valence-electron chi connectivity index (χ1n) is 8.99. The van der Waals surface area contributed by atoms with Crippen molar-refractivity contribution in [1.82, 2.24) is 9.55 Å². The minimum absolute atomic E-state index is 0.173. The molecule has 2 heterocycles. The van der Waals surface area contributed by atoms with Gasteiger partial charge in [0.05, 0.1) is 29.8 Å². The van der Waals surface area contributed by atoms with Crippen LogP contribution in [0.2, 0.25) is 0 Å². The summed E-state index contributed by atoms with van der Waals surface area (Å²) in [6.07, 6.45) is 0. The summed E-state index contributed by atoms with van der Waals surface area (Å²) in [5, 5.41) is 4.37. The number of nitrogens with zero attached hydrogens (tertiary/aromatic N) is 2. The molecule has 0 aliphatic carbocycles. The molecule has 1 amide bonds. The number of ether oxygens (including phenoxy) is 1. The number of carbonyl (C=O) groups excluding carboxylic acids is 1. The summed E-state index contributed by atoms with van der Waals surface area (Å²) in [6.45, 7) is 0. The van der Waals surface area contributed by atoms with E-state index >= 15 is 0 Å². The minimum Gasteiger partial charge on any atom is -0.495 e. The Morgan fingerprint density at radius 2 is 2.03 bits per heavy atom. The lowest BCUT2D eigenvalue weighted by Crippen LogP contribution is -2.22. The maximum Gasteiger partial charge on any atom is 0.276 e. The molecule has 4 rings (SSSR count). The van der Waals surface area contributed by atoms with Gasteiger partial charge in [0.15, 0.2) is 5.16 Å². The molecule has 0 saturated heterocycles. The Bertz CT molecular complexity index is 1340. The summed E-state index contributed by atoms with van der Waals surface area (Å²) >= 11 is 2.28. The molecule has 31 heavy (non-hydrogen) atoms. The Kier molecular flexibility index (Phi) is 6.01. The van der Waals surface area contributed by atoms with Gasteiger partial charge >= 0.3 is 0 Å². The van der Waals surface area contributed by atoms with Crippen molar-refractivity contribution in [3.63, 3.8) is 0 Å². The second-order valence-electron chi connectivity index (χ2n) is 6.30. The molecule has 0 spiro atoms. The lowest BCUT2D eigenvalue weighted by molar-refractivity contribution is -0.113. The minimum atomic E-state index is -0.747. The zero-order chi connectivity index (χ0) is 22.0. The maximum atomic E-state index is 13.8. The number of anilines is 1. The van der Waals surface area contributed by atoms with Crippen LogP contribution in [-0.2, 0) is 4.79 Å². The van der Waals surface area contributed by atoms with Crippen molar-refractivity contribution in [1.29, 1.82) is 0 Å². The highest BCUT2D eigenvalue weighted by atomic mass is 32.2. The quantitative estimate of drug-likeness (QED) is 0.340. The first kappa shape index (κ1) is 21.0. The van der Waals surface area contributed by atoms with Crippen molar-refractivity contribution in [2.45, 2.75) is 5.16 Å².